The van der Waals surface area contributed by atoms with Crippen molar-refractivity contribution in [3.63, 3.8) is 0 Å². The highest BCUT2D eigenvalue weighted by molar-refractivity contribution is 7.98. The lowest BCUT2D eigenvalue weighted by atomic mass is 10.1. The number of ether oxygens (including phenoxy) is 1. The molecule has 0 aliphatic heterocycles. The summed E-state index contributed by atoms with van der Waals surface area (Å²) in [5, 5.41) is 0.312. The zero-order chi connectivity index (χ0) is 17.3. The van der Waals surface area contributed by atoms with Crippen molar-refractivity contribution in [2.24, 2.45) is 0 Å². The number of thioether (sulfide) groups is 1. The number of carbonyl (C=O) groups is 1. The molecule has 7 nitrogen and oxygen atoms in total. The summed E-state index contributed by atoms with van der Waals surface area (Å²) in [6, 6.07) is 7.59. The largest absolute Gasteiger partial charge is 0.462 e. The average Bonchev–Trinajstić information content (AvgIpc) is 2.94. The molecule has 0 saturated heterocycles. The number of carbonyl (C=O) groups excluding carboxylic acids is 1. The van der Waals surface area contributed by atoms with E-state index in [1.807, 2.05) is 30.5 Å². The molecule has 0 radical (unpaired) electrons. The maximum absolute atomic E-state index is 12.4. The van der Waals surface area contributed by atoms with Crippen molar-refractivity contribution in [3.8, 4) is 11.3 Å². The van der Waals surface area contributed by atoms with Gasteiger partial charge < -0.3 is 20.6 Å². The summed E-state index contributed by atoms with van der Waals surface area (Å²) in [5.74, 6) is -0.146. The molecule has 0 atom stereocenters. The summed E-state index contributed by atoms with van der Waals surface area (Å²) in [6.45, 7) is 1.96. The molecule has 0 saturated carbocycles. The molecule has 0 fully saturated rings. The number of hydrogen-bond donors (Lipinski definition) is 2. The van der Waals surface area contributed by atoms with E-state index in [4.69, 9.17) is 20.6 Å². The van der Waals surface area contributed by atoms with Crippen LogP contribution in [-0.2, 0) is 4.74 Å². The van der Waals surface area contributed by atoms with Crippen molar-refractivity contribution in [1.82, 2.24) is 9.97 Å². The van der Waals surface area contributed by atoms with Gasteiger partial charge in [-0.1, -0.05) is 12.1 Å². The molecule has 3 rings (SSSR count). The van der Waals surface area contributed by atoms with Crippen molar-refractivity contribution in [2.45, 2.75) is 11.8 Å². The van der Waals surface area contributed by atoms with Gasteiger partial charge >= 0.3 is 5.97 Å². The minimum atomic E-state index is -0.541. The lowest BCUT2D eigenvalue weighted by molar-refractivity contribution is 0.0528. The van der Waals surface area contributed by atoms with E-state index in [9.17, 15) is 4.79 Å². The van der Waals surface area contributed by atoms with E-state index in [-0.39, 0.29) is 29.7 Å². The maximum atomic E-state index is 12.4. The van der Waals surface area contributed by atoms with Gasteiger partial charge in [0.05, 0.1) is 12.0 Å². The Bertz CT molecular complexity index is 906. The number of nitrogens with zero attached hydrogens (tertiary/aromatic N) is 2. The third-order valence-electron chi connectivity index (χ3n) is 3.43. The van der Waals surface area contributed by atoms with E-state index >= 15 is 0 Å². The Balaban J connectivity index is 2.27. The fraction of sp³-hybridized carbons (Fsp3) is 0.188. The highest BCUT2D eigenvalue weighted by Crippen LogP contribution is 2.36. The van der Waals surface area contributed by atoms with Gasteiger partial charge in [-0.05, 0) is 25.3 Å². The van der Waals surface area contributed by atoms with Crippen LogP contribution in [0.5, 0.6) is 0 Å². The van der Waals surface area contributed by atoms with Gasteiger partial charge in [0.15, 0.2) is 5.76 Å². The van der Waals surface area contributed by atoms with E-state index in [0.29, 0.717) is 16.7 Å². The third-order valence-corrected chi connectivity index (χ3v) is 4.17. The van der Waals surface area contributed by atoms with Gasteiger partial charge in [-0.25, -0.2) is 4.79 Å². The average molecular weight is 344 g/mol. The molecule has 0 aliphatic rings. The smallest absolute Gasteiger partial charge is 0.342 e. The lowest BCUT2D eigenvalue weighted by Crippen LogP contribution is -2.07. The van der Waals surface area contributed by atoms with Gasteiger partial charge in [0.1, 0.15) is 11.4 Å². The molecule has 0 spiro atoms. The number of esters is 1. The van der Waals surface area contributed by atoms with Crippen molar-refractivity contribution in [3.05, 3.63) is 29.8 Å². The van der Waals surface area contributed by atoms with E-state index in [0.717, 1.165) is 4.90 Å². The monoisotopic (exact) mass is 344 g/mol. The number of rotatable bonds is 4. The van der Waals surface area contributed by atoms with Crippen LogP contribution in [0.4, 0.5) is 11.8 Å². The first-order chi connectivity index (χ1) is 11.5. The van der Waals surface area contributed by atoms with E-state index in [2.05, 4.69) is 9.97 Å². The number of benzene rings is 1. The minimum Gasteiger partial charge on any atom is -0.462 e. The number of anilines is 2. The van der Waals surface area contributed by atoms with Gasteiger partial charge in [-0.15, -0.1) is 11.8 Å². The fourth-order valence-electron chi connectivity index (χ4n) is 2.39. The summed E-state index contributed by atoms with van der Waals surface area (Å²) in [7, 11) is 0. The van der Waals surface area contributed by atoms with Crippen LogP contribution >= 0.6 is 11.8 Å². The Morgan fingerprint density at radius 1 is 1.25 bits per heavy atom. The van der Waals surface area contributed by atoms with Crippen molar-refractivity contribution < 1.29 is 13.9 Å². The van der Waals surface area contributed by atoms with Gasteiger partial charge in [0.2, 0.25) is 11.7 Å². The quantitative estimate of drug-likeness (QED) is 0.548. The zero-order valence-electron chi connectivity index (χ0n) is 13.2. The van der Waals surface area contributed by atoms with Gasteiger partial charge in [-0.3, -0.25) is 0 Å². The Morgan fingerprint density at radius 3 is 2.58 bits per heavy atom. The van der Waals surface area contributed by atoms with Gasteiger partial charge in [-0.2, -0.15) is 9.97 Å². The van der Waals surface area contributed by atoms with E-state index in [1.54, 1.807) is 18.7 Å². The minimum absolute atomic E-state index is 0.0200. The SMILES string of the molecule is CCOC(=O)c1c(-c2ccc(SC)cc2)oc2nc(N)nc(N)c12. The van der Waals surface area contributed by atoms with E-state index in [1.165, 1.54) is 0 Å². The summed E-state index contributed by atoms with van der Waals surface area (Å²) in [5.41, 5.74) is 12.6. The fourth-order valence-corrected chi connectivity index (χ4v) is 2.80. The van der Waals surface area contributed by atoms with Crippen LogP contribution in [0.2, 0.25) is 0 Å². The first-order valence-corrected chi connectivity index (χ1v) is 8.44. The Kier molecular flexibility index (Phi) is 4.30. The van der Waals surface area contributed by atoms with Crippen molar-refractivity contribution in [1.29, 1.82) is 0 Å². The second-order valence-corrected chi connectivity index (χ2v) is 5.78. The maximum Gasteiger partial charge on any atom is 0.342 e. The van der Waals surface area contributed by atoms with Crippen LogP contribution in [-0.4, -0.2) is 28.8 Å². The molecular formula is C16H16N4O3S. The number of nitrogens with two attached hydrogens (primary N) is 2. The Hall–Kier alpha value is -2.74. The number of furan rings is 1. The Morgan fingerprint density at radius 2 is 1.96 bits per heavy atom. The highest BCUT2D eigenvalue weighted by atomic mass is 32.2. The molecule has 1 aromatic carbocycles. The molecule has 2 aromatic heterocycles. The molecule has 124 valence electrons. The molecule has 2 heterocycles. The summed E-state index contributed by atoms with van der Waals surface area (Å²) in [6.07, 6.45) is 1.99. The van der Waals surface area contributed by atoms with E-state index < -0.39 is 5.97 Å². The second-order valence-electron chi connectivity index (χ2n) is 4.90. The van der Waals surface area contributed by atoms with Crippen molar-refractivity contribution >= 4 is 40.6 Å². The molecule has 0 bridgehead atoms. The Labute approximate surface area is 142 Å². The number of hydrogen-bond acceptors (Lipinski definition) is 8. The topological polar surface area (TPSA) is 117 Å². The van der Waals surface area contributed by atoms with Gasteiger partial charge in [0, 0.05) is 10.5 Å². The lowest BCUT2D eigenvalue weighted by Gasteiger charge is -2.04. The second kappa shape index (κ2) is 6.40. The number of fused-ring (bicyclic) bond motifs is 1. The van der Waals surface area contributed by atoms with Crippen LogP contribution < -0.4 is 11.5 Å². The molecule has 24 heavy (non-hydrogen) atoms. The summed E-state index contributed by atoms with van der Waals surface area (Å²) < 4.78 is 10.9. The predicted molar refractivity (Wildman–Crippen MR) is 93.8 cm³/mol. The third kappa shape index (κ3) is 2.76. The first-order valence-electron chi connectivity index (χ1n) is 7.22. The van der Waals surface area contributed by atoms with Crippen LogP contribution in [0.1, 0.15) is 17.3 Å². The summed E-state index contributed by atoms with van der Waals surface area (Å²) >= 11 is 1.62. The molecule has 0 unspecified atom stereocenters. The van der Waals surface area contributed by atoms with Crippen LogP contribution in [0.3, 0.4) is 0 Å². The normalized spacial score (nSPS) is 10.9. The molecular weight excluding hydrogens is 328 g/mol. The predicted octanol–water partition coefficient (Wildman–Crippen LogP) is 2.95. The van der Waals surface area contributed by atoms with Crippen molar-refractivity contribution in [2.75, 3.05) is 24.3 Å². The highest BCUT2D eigenvalue weighted by Gasteiger charge is 2.26. The first kappa shape index (κ1) is 16.1. The van der Waals surface area contributed by atoms with Crippen LogP contribution in [0, 0.1) is 0 Å². The number of nitrogen functional groups attached to an aromatic ring is 2. The molecule has 4 N–H and O–H groups in total. The van der Waals surface area contributed by atoms with Crippen LogP contribution in [0.25, 0.3) is 22.4 Å². The molecule has 0 aliphatic carbocycles. The molecule has 0 amide bonds. The summed E-state index contributed by atoms with van der Waals surface area (Å²) in [4.78, 5) is 21.5. The number of aromatic nitrogens is 2. The van der Waals surface area contributed by atoms with Crippen LogP contribution in [0.15, 0.2) is 33.6 Å². The zero-order valence-corrected chi connectivity index (χ0v) is 14.0. The molecule has 3 aromatic rings. The van der Waals surface area contributed by atoms with Gasteiger partial charge in [0.25, 0.3) is 0 Å². The standard InChI is InChI=1S/C16H16N4O3S/c1-3-22-15(21)10-11-13(17)19-16(18)20-14(11)23-12(10)8-4-6-9(24-2)7-5-8/h4-7H,3H2,1-2H3,(H4,17,18,19,20). The molecule has 8 heteroatoms.